The molecule has 0 heterocycles. The van der Waals surface area contributed by atoms with Crippen LogP contribution in [0.3, 0.4) is 0 Å². The van der Waals surface area contributed by atoms with E-state index in [4.69, 9.17) is 0 Å². The average Bonchev–Trinajstić information content (AvgIpc) is 1.98. The summed E-state index contributed by atoms with van der Waals surface area (Å²) in [7, 11) is 0. The molecule has 0 bridgehead atoms. The topological polar surface area (TPSA) is 0 Å². The van der Waals surface area contributed by atoms with Crippen molar-refractivity contribution >= 4 is 0 Å². The van der Waals surface area contributed by atoms with Crippen LogP contribution < -0.4 is 0 Å². The third-order valence-corrected chi connectivity index (χ3v) is 1.56. The maximum Gasteiger partial charge on any atom is 0.162 e. The average molecular weight is 186 g/mol. The molecule has 0 aliphatic rings. The van der Waals surface area contributed by atoms with Crippen LogP contribution >= 0.6 is 0 Å². The van der Waals surface area contributed by atoms with Crippen LogP contribution in [0.5, 0.6) is 0 Å². The van der Waals surface area contributed by atoms with Gasteiger partial charge >= 0.3 is 0 Å². The molecule has 0 atom stereocenters. The monoisotopic (exact) mass is 186 g/mol. The summed E-state index contributed by atoms with van der Waals surface area (Å²) < 4.78 is 38.2. The molecular weight excluding hydrogens is 177 g/mol. The van der Waals surface area contributed by atoms with Crippen LogP contribution in [0, 0.1) is 17.5 Å². The minimum absolute atomic E-state index is 0.00463. The van der Waals surface area contributed by atoms with Gasteiger partial charge in [-0.3, -0.25) is 0 Å². The van der Waals surface area contributed by atoms with Gasteiger partial charge in [0.15, 0.2) is 11.6 Å². The van der Waals surface area contributed by atoms with Crippen molar-refractivity contribution in [2.75, 3.05) is 0 Å². The second-order valence-corrected chi connectivity index (χ2v) is 2.99. The number of rotatable bonds is 2. The first-order valence-corrected chi connectivity index (χ1v) is 3.78. The van der Waals surface area contributed by atoms with Crippen LogP contribution in [0.2, 0.25) is 0 Å². The fraction of sp³-hybridized carbons (Fsp3) is 0.200. The zero-order valence-corrected chi connectivity index (χ0v) is 7.20. The summed E-state index contributed by atoms with van der Waals surface area (Å²) >= 11 is 0. The Bertz CT molecular complexity index is 342. The second-order valence-electron chi connectivity index (χ2n) is 2.99. The van der Waals surface area contributed by atoms with Crippen molar-refractivity contribution in [1.29, 1.82) is 0 Å². The van der Waals surface area contributed by atoms with Gasteiger partial charge in [-0.1, -0.05) is 12.2 Å². The van der Waals surface area contributed by atoms with Gasteiger partial charge in [0.2, 0.25) is 0 Å². The lowest BCUT2D eigenvalue weighted by atomic mass is 10.1. The summed E-state index contributed by atoms with van der Waals surface area (Å²) in [6.07, 6.45) is 0.153. The molecule has 1 aromatic rings. The Hall–Kier alpha value is -1.25. The molecule has 0 aliphatic carbocycles. The van der Waals surface area contributed by atoms with E-state index >= 15 is 0 Å². The normalized spacial score (nSPS) is 10.2. The Morgan fingerprint density at radius 3 is 2.46 bits per heavy atom. The van der Waals surface area contributed by atoms with E-state index < -0.39 is 17.5 Å². The Balaban J connectivity index is 3.12. The summed E-state index contributed by atoms with van der Waals surface area (Å²) in [4.78, 5) is 0. The highest BCUT2D eigenvalue weighted by Gasteiger charge is 2.10. The summed E-state index contributed by atoms with van der Waals surface area (Å²) in [5.41, 5.74) is 0.661. The van der Waals surface area contributed by atoms with E-state index in [1.165, 1.54) is 0 Å². The third kappa shape index (κ3) is 2.34. The molecule has 70 valence electrons. The van der Waals surface area contributed by atoms with Gasteiger partial charge in [-0.25, -0.2) is 13.2 Å². The molecule has 13 heavy (non-hydrogen) atoms. The van der Waals surface area contributed by atoms with Crippen molar-refractivity contribution in [3.63, 3.8) is 0 Å². The number of hydrogen-bond acceptors (Lipinski definition) is 0. The number of halogens is 3. The van der Waals surface area contributed by atoms with Crippen LogP contribution in [-0.4, -0.2) is 0 Å². The molecule has 0 amide bonds. The van der Waals surface area contributed by atoms with Crippen molar-refractivity contribution in [1.82, 2.24) is 0 Å². The SMILES string of the molecule is C=C(C)Cc1cc(F)cc(F)c1F. The zero-order chi connectivity index (χ0) is 10.0. The predicted octanol–water partition coefficient (Wildman–Crippen LogP) is 3.22. The molecule has 1 aromatic carbocycles. The summed E-state index contributed by atoms with van der Waals surface area (Å²) in [5, 5.41) is 0. The quantitative estimate of drug-likeness (QED) is 0.491. The number of allylic oxidation sites excluding steroid dienone is 1. The van der Waals surface area contributed by atoms with Crippen molar-refractivity contribution in [3.05, 3.63) is 47.3 Å². The molecule has 0 N–H and O–H groups in total. The molecule has 0 radical (unpaired) electrons. The van der Waals surface area contributed by atoms with Gasteiger partial charge in [0, 0.05) is 6.07 Å². The first-order valence-electron chi connectivity index (χ1n) is 3.78. The number of hydrogen-bond donors (Lipinski definition) is 0. The Labute approximate surface area is 74.7 Å². The van der Waals surface area contributed by atoms with Crippen molar-refractivity contribution < 1.29 is 13.2 Å². The maximum atomic E-state index is 13.0. The fourth-order valence-electron chi connectivity index (χ4n) is 1.06. The molecule has 0 fully saturated rings. The van der Waals surface area contributed by atoms with E-state index in [9.17, 15) is 13.2 Å². The van der Waals surface area contributed by atoms with Crippen LogP contribution in [-0.2, 0) is 6.42 Å². The summed E-state index contributed by atoms with van der Waals surface area (Å²) in [6.45, 7) is 5.21. The van der Waals surface area contributed by atoms with Gasteiger partial charge in [0.25, 0.3) is 0 Å². The molecule has 1 rings (SSSR count). The lowest BCUT2D eigenvalue weighted by Crippen LogP contribution is -1.96. The highest BCUT2D eigenvalue weighted by molar-refractivity contribution is 5.24. The first-order chi connectivity index (χ1) is 6.00. The van der Waals surface area contributed by atoms with E-state index in [2.05, 4.69) is 6.58 Å². The van der Waals surface area contributed by atoms with Crippen molar-refractivity contribution in [3.8, 4) is 0 Å². The fourth-order valence-corrected chi connectivity index (χ4v) is 1.06. The smallest absolute Gasteiger partial charge is 0.162 e. The van der Waals surface area contributed by atoms with Crippen LogP contribution in [0.15, 0.2) is 24.3 Å². The Kier molecular flexibility index (Phi) is 2.76. The number of benzene rings is 1. The molecule has 0 aliphatic heterocycles. The predicted molar refractivity (Wildman–Crippen MR) is 44.8 cm³/mol. The first kappa shape index (κ1) is 9.84. The second kappa shape index (κ2) is 3.64. The lowest BCUT2D eigenvalue weighted by molar-refractivity contribution is 0.486. The van der Waals surface area contributed by atoms with Crippen molar-refractivity contribution in [2.24, 2.45) is 0 Å². The van der Waals surface area contributed by atoms with Gasteiger partial charge in [0.1, 0.15) is 5.82 Å². The van der Waals surface area contributed by atoms with Crippen molar-refractivity contribution in [2.45, 2.75) is 13.3 Å². The molecule has 0 unspecified atom stereocenters. The third-order valence-electron chi connectivity index (χ3n) is 1.56. The summed E-state index contributed by atoms with van der Waals surface area (Å²) in [5.74, 6) is -2.92. The van der Waals surface area contributed by atoms with E-state index in [-0.39, 0.29) is 12.0 Å². The Morgan fingerprint density at radius 2 is 1.92 bits per heavy atom. The zero-order valence-electron chi connectivity index (χ0n) is 7.20. The van der Waals surface area contributed by atoms with Gasteiger partial charge in [-0.2, -0.15) is 0 Å². The van der Waals surface area contributed by atoms with Gasteiger partial charge in [-0.15, -0.1) is 0 Å². The molecule has 0 saturated heterocycles. The molecule has 0 aromatic heterocycles. The minimum atomic E-state index is -1.16. The maximum absolute atomic E-state index is 13.0. The molecule has 3 heteroatoms. The molecular formula is C10H9F3. The Morgan fingerprint density at radius 1 is 1.31 bits per heavy atom. The van der Waals surface area contributed by atoms with Crippen LogP contribution in [0.25, 0.3) is 0 Å². The molecule has 0 spiro atoms. The van der Waals surface area contributed by atoms with Crippen LogP contribution in [0.1, 0.15) is 12.5 Å². The minimum Gasteiger partial charge on any atom is -0.207 e. The van der Waals surface area contributed by atoms with Gasteiger partial charge in [-0.05, 0) is 25.0 Å². The summed E-state index contributed by atoms with van der Waals surface area (Å²) in [6, 6.07) is 1.50. The van der Waals surface area contributed by atoms with E-state index in [1.54, 1.807) is 6.92 Å². The standard InChI is InChI=1S/C10H9F3/c1-6(2)3-7-4-8(11)5-9(12)10(7)13/h4-5H,1,3H2,2H3. The molecule has 0 nitrogen and oxygen atoms in total. The van der Waals surface area contributed by atoms with Crippen LogP contribution in [0.4, 0.5) is 13.2 Å². The van der Waals surface area contributed by atoms with E-state index in [0.29, 0.717) is 11.6 Å². The van der Waals surface area contributed by atoms with E-state index in [1.807, 2.05) is 0 Å². The highest BCUT2D eigenvalue weighted by atomic mass is 19.2. The highest BCUT2D eigenvalue weighted by Crippen LogP contribution is 2.16. The van der Waals surface area contributed by atoms with Gasteiger partial charge < -0.3 is 0 Å². The van der Waals surface area contributed by atoms with Gasteiger partial charge in [0.05, 0.1) is 0 Å². The lowest BCUT2D eigenvalue weighted by Gasteiger charge is -2.03. The molecule has 0 saturated carbocycles. The largest absolute Gasteiger partial charge is 0.207 e. The van der Waals surface area contributed by atoms with E-state index in [0.717, 1.165) is 6.07 Å².